The highest BCUT2D eigenvalue weighted by Gasteiger charge is 2.13. The molecule has 2 N–H and O–H groups in total. The van der Waals surface area contributed by atoms with Crippen LogP contribution in [0.2, 0.25) is 0 Å². The molecule has 0 amide bonds. The van der Waals surface area contributed by atoms with E-state index in [9.17, 15) is 4.79 Å². The van der Waals surface area contributed by atoms with Crippen LogP contribution in [0.4, 0.5) is 5.69 Å². The molecule has 0 aliphatic heterocycles. The Bertz CT molecular complexity index is 733. The third-order valence-electron chi connectivity index (χ3n) is 2.52. The maximum atomic E-state index is 12.0. The molecule has 0 saturated carbocycles. The van der Waals surface area contributed by atoms with E-state index in [1.807, 2.05) is 12.1 Å². The molecule has 1 aromatic heterocycles. The van der Waals surface area contributed by atoms with E-state index in [-0.39, 0.29) is 16.8 Å². The number of nitriles is 2. The number of anilines is 1. The van der Waals surface area contributed by atoms with E-state index >= 15 is 0 Å². The summed E-state index contributed by atoms with van der Waals surface area (Å²) in [6.45, 7) is 0. The van der Waals surface area contributed by atoms with Crippen LogP contribution in [-0.2, 0) is 0 Å². The summed E-state index contributed by atoms with van der Waals surface area (Å²) < 4.78 is 1.24. The average molecular weight is 236 g/mol. The maximum absolute atomic E-state index is 12.0. The van der Waals surface area contributed by atoms with Crippen molar-refractivity contribution in [2.24, 2.45) is 0 Å². The molecular formula is C13H8N4O. The Balaban J connectivity index is 2.84. The van der Waals surface area contributed by atoms with Crippen molar-refractivity contribution in [2.75, 3.05) is 5.73 Å². The summed E-state index contributed by atoms with van der Waals surface area (Å²) in [5, 5.41) is 17.9. The molecule has 5 heteroatoms. The predicted molar refractivity (Wildman–Crippen MR) is 65.9 cm³/mol. The van der Waals surface area contributed by atoms with Crippen molar-refractivity contribution >= 4 is 5.69 Å². The van der Waals surface area contributed by atoms with Crippen molar-refractivity contribution in [3.8, 4) is 17.8 Å². The summed E-state index contributed by atoms with van der Waals surface area (Å²) in [6.07, 6.45) is 1.34. The van der Waals surface area contributed by atoms with Gasteiger partial charge in [-0.05, 0) is 12.1 Å². The van der Waals surface area contributed by atoms with Crippen LogP contribution in [0.3, 0.4) is 0 Å². The Morgan fingerprint density at radius 3 is 2.33 bits per heavy atom. The number of benzene rings is 1. The molecule has 0 bridgehead atoms. The summed E-state index contributed by atoms with van der Waals surface area (Å²) in [6, 6.07) is 12.4. The second-order valence-electron chi connectivity index (χ2n) is 3.57. The lowest BCUT2D eigenvalue weighted by atomic mass is 10.1. The van der Waals surface area contributed by atoms with Crippen LogP contribution in [0.25, 0.3) is 5.69 Å². The first-order chi connectivity index (χ1) is 8.69. The van der Waals surface area contributed by atoms with Crippen molar-refractivity contribution in [3.63, 3.8) is 0 Å². The molecule has 86 valence electrons. The lowest BCUT2D eigenvalue weighted by molar-refractivity contribution is 0.979. The van der Waals surface area contributed by atoms with Crippen LogP contribution in [0.5, 0.6) is 0 Å². The van der Waals surface area contributed by atoms with Gasteiger partial charge in [0, 0.05) is 11.9 Å². The highest BCUT2D eigenvalue weighted by molar-refractivity contribution is 5.63. The number of rotatable bonds is 1. The maximum Gasteiger partial charge on any atom is 0.275 e. The van der Waals surface area contributed by atoms with Crippen molar-refractivity contribution in [3.05, 3.63) is 58.0 Å². The Morgan fingerprint density at radius 2 is 1.78 bits per heavy atom. The van der Waals surface area contributed by atoms with Gasteiger partial charge in [0.15, 0.2) is 0 Å². The van der Waals surface area contributed by atoms with E-state index in [4.69, 9.17) is 16.3 Å². The first-order valence-corrected chi connectivity index (χ1v) is 5.09. The molecule has 2 aromatic rings. The minimum Gasteiger partial charge on any atom is -0.396 e. The van der Waals surface area contributed by atoms with Gasteiger partial charge in [0.05, 0.1) is 11.3 Å². The van der Waals surface area contributed by atoms with E-state index in [0.717, 1.165) is 0 Å². The number of aromatic nitrogens is 1. The Kier molecular flexibility index (Phi) is 2.82. The standard InChI is InChI=1S/C13H8N4O/c14-6-9-8-17(10-4-2-1-3-5-10)13(18)11(7-15)12(9)16/h1-5,8H,16H2. The van der Waals surface area contributed by atoms with Crippen LogP contribution in [0, 0.1) is 22.7 Å². The first kappa shape index (κ1) is 11.4. The van der Waals surface area contributed by atoms with Gasteiger partial charge in [-0.2, -0.15) is 10.5 Å². The lowest BCUT2D eigenvalue weighted by Crippen LogP contribution is -2.23. The smallest absolute Gasteiger partial charge is 0.275 e. The number of nitrogens with two attached hydrogens (primary N) is 1. The van der Waals surface area contributed by atoms with Crippen molar-refractivity contribution in [1.82, 2.24) is 4.57 Å². The summed E-state index contributed by atoms with van der Waals surface area (Å²) in [4.78, 5) is 12.0. The second kappa shape index (κ2) is 4.44. The number of nitrogen functional groups attached to an aromatic ring is 1. The molecule has 0 spiro atoms. The minimum atomic E-state index is -0.528. The van der Waals surface area contributed by atoms with E-state index in [2.05, 4.69) is 0 Å². The zero-order chi connectivity index (χ0) is 13.1. The fourth-order valence-corrected chi connectivity index (χ4v) is 1.61. The van der Waals surface area contributed by atoms with Crippen LogP contribution < -0.4 is 11.3 Å². The van der Waals surface area contributed by atoms with Gasteiger partial charge >= 0.3 is 0 Å². The molecule has 18 heavy (non-hydrogen) atoms. The molecule has 0 unspecified atom stereocenters. The molecule has 0 atom stereocenters. The van der Waals surface area contributed by atoms with Crippen LogP contribution in [0.15, 0.2) is 41.3 Å². The van der Waals surface area contributed by atoms with Crippen LogP contribution in [0.1, 0.15) is 11.1 Å². The van der Waals surface area contributed by atoms with Gasteiger partial charge in [0.2, 0.25) is 0 Å². The predicted octanol–water partition coefficient (Wildman–Crippen LogP) is 1.16. The number of nitrogens with zero attached hydrogens (tertiary/aromatic N) is 3. The summed E-state index contributed by atoms with van der Waals surface area (Å²) >= 11 is 0. The fraction of sp³-hybridized carbons (Fsp3) is 0. The molecule has 1 heterocycles. The molecule has 2 rings (SSSR count). The zero-order valence-corrected chi connectivity index (χ0v) is 9.29. The normalized spacial score (nSPS) is 9.44. The Hall–Kier alpha value is -3.05. The SMILES string of the molecule is N#Cc1cn(-c2ccccc2)c(=O)c(C#N)c1N. The Labute approximate surface area is 103 Å². The molecular weight excluding hydrogens is 228 g/mol. The zero-order valence-electron chi connectivity index (χ0n) is 9.29. The first-order valence-electron chi connectivity index (χ1n) is 5.09. The molecule has 0 aliphatic rings. The van der Waals surface area contributed by atoms with Crippen LogP contribution in [-0.4, -0.2) is 4.57 Å². The largest absolute Gasteiger partial charge is 0.396 e. The molecule has 0 saturated heterocycles. The third kappa shape index (κ3) is 1.70. The van der Waals surface area contributed by atoms with Gasteiger partial charge in [-0.25, -0.2) is 0 Å². The third-order valence-corrected chi connectivity index (χ3v) is 2.52. The van der Waals surface area contributed by atoms with Crippen molar-refractivity contribution in [2.45, 2.75) is 0 Å². The lowest BCUT2D eigenvalue weighted by Gasteiger charge is -2.08. The van der Waals surface area contributed by atoms with Crippen molar-refractivity contribution < 1.29 is 0 Å². The van der Waals surface area contributed by atoms with E-state index in [1.54, 1.807) is 30.3 Å². The Morgan fingerprint density at radius 1 is 1.11 bits per heavy atom. The summed E-state index contributed by atoms with van der Waals surface area (Å²) in [5.74, 6) is 0. The topological polar surface area (TPSA) is 95.6 Å². The van der Waals surface area contributed by atoms with Gasteiger partial charge < -0.3 is 5.73 Å². The van der Waals surface area contributed by atoms with Gasteiger partial charge in [-0.3, -0.25) is 9.36 Å². The monoisotopic (exact) mass is 236 g/mol. The molecule has 0 fully saturated rings. The van der Waals surface area contributed by atoms with Gasteiger partial charge in [0.25, 0.3) is 5.56 Å². The molecule has 0 aliphatic carbocycles. The molecule has 5 nitrogen and oxygen atoms in total. The highest BCUT2D eigenvalue weighted by atomic mass is 16.1. The molecule has 0 radical (unpaired) electrons. The van der Waals surface area contributed by atoms with Crippen molar-refractivity contribution in [1.29, 1.82) is 10.5 Å². The fourth-order valence-electron chi connectivity index (χ4n) is 1.61. The van der Waals surface area contributed by atoms with E-state index in [0.29, 0.717) is 5.69 Å². The van der Waals surface area contributed by atoms with Gasteiger partial charge in [0.1, 0.15) is 17.7 Å². The molecule has 1 aromatic carbocycles. The van der Waals surface area contributed by atoms with Gasteiger partial charge in [-0.1, -0.05) is 18.2 Å². The average Bonchev–Trinajstić information content (AvgIpc) is 2.41. The number of pyridine rings is 1. The quantitative estimate of drug-likeness (QED) is 0.803. The van der Waals surface area contributed by atoms with E-state index in [1.165, 1.54) is 10.8 Å². The number of hydrogen-bond acceptors (Lipinski definition) is 4. The van der Waals surface area contributed by atoms with E-state index < -0.39 is 5.56 Å². The van der Waals surface area contributed by atoms with Crippen LogP contribution >= 0.6 is 0 Å². The number of hydrogen-bond donors (Lipinski definition) is 1. The summed E-state index contributed by atoms with van der Waals surface area (Å²) in [7, 11) is 0. The second-order valence-corrected chi connectivity index (χ2v) is 3.57. The number of para-hydroxylation sites is 1. The minimum absolute atomic E-state index is 0.0721. The summed E-state index contributed by atoms with van der Waals surface area (Å²) in [5.41, 5.74) is 5.47. The highest BCUT2D eigenvalue weighted by Crippen LogP contribution is 2.14. The van der Waals surface area contributed by atoms with Gasteiger partial charge in [-0.15, -0.1) is 0 Å².